The van der Waals surface area contributed by atoms with Crippen molar-refractivity contribution >= 4 is 17.7 Å². The fourth-order valence-electron chi connectivity index (χ4n) is 3.78. The van der Waals surface area contributed by atoms with Crippen LogP contribution in [-0.2, 0) is 28.6 Å². The minimum absolute atomic E-state index is 0.124. The maximum atomic E-state index is 12.6. The Bertz CT molecular complexity index is 703. The molecule has 7 nitrogen and oxygen atoms in total. The van der Waals surface area contributed by atoms with Crippen LogP contribution in [0.1, 0.15) is 24.1 Å². The molecule has 0 saturated carbocycles. The summed E-state index contributed by atoms with van der Waals surface area (Å²) in [7, 11) is 1.28. The number of aryl methyl sites for hydroxylation is 1. The molecular weight excluding hydrogens is 326 g/mol. The van der Waals surface area contributed by atoms with Crippen molar-refractivity contribution < 1.29 is 28.6 Å². The van der Waals surface area contributed by atoms with Crippen LogP contribution in [0.15, 0.2) is 24.3 Å². The van der Waals surface area contributed by atoms with Crippen LogP contribution >= 0.6 is 0 Å². The first-order valence-electron chi connectivity index (χ1n) is 8.15. The van der Waals surface area contributed by atoms with Gasteiger partial charge in [-0.2, -0.15) is 0 Å². The van der Waals surface area contributed by atoms with Crippen LogP contribution in [0.4, 0.5) is 0 Å². The van der Waals surface area contributed by atoms with Gasteiger partial charge in [-0.25, -0.2) is 0 Å². The molecule has 0 unspecified atom stereocenters. The summed E-state index contributed by atoms with van der Waals surface area (Å²) in [4.78, 5) is 36.3. The number of hydrogen-bond acceptors (Lipinski definition) is 7. The molecular formula is C18H21NO6. The van der Waals surface area contributed by atoms with E-state index in [0.717, 1.165) is 11.1 Å². The Balaban J connectivity index is 2.02. The van der Waals surface area contributed by atoms with Gasteiger partial charge in [-0.05, 0) is 18.1 Å². The van der Waals surface area contributed by atoms with Crippen molar-refractivity contribution in [2.75, 3.05) is 13.7 Å². The first-order valence-corrected chi connectivity index (χ1v) is 8.15. The van der Waals surface area contributed by atoms with E-state index in [1.165, 1.54) is 14.0 Å². The largest absolute Gasteiger partial charge is 0.468 e. The lowest BCUT2D eigenvalue weighted by atomic mass is 9.79. The highest BCUT2D eigenvalue weighted by atomic mass is 16.7. The average molecular weight is 347 g/mol. The van der Waals surface area contributed by atoms with Crippen molar-refractivity contribution in [1.82, 2.24) is 5.32 Å². The molecule has 2 aliphatic rings. The Kier molecular flexibility index (Phi) is 4.87. The van der Waals surface area contributed by atoms with Crippen molar-refractivity contribution in [2.24, 2.45) is 11.8 Å². The number of carbonyl (C=O) groups excluding carboxylic acids is 3. The van der Waals surface area contributed by atoms with E-state index in [4.69, 9.17) is 14.2 Å². The Labute approximate surface area is 145 Å². The number of benzene rings is 1. The zero-order valence-corrected chi connectivity index (χ0v) is 14.4. The van der Waals surface area contributed by atoms with Crippen molar-refractivity contribution in [3.63, 3.8) is 0 Å². The monoisotopic (exact) mass is 347 g/mol. The number of ether oxygens (including phenoxy) is 3. The van der Waals surface area contributed by atoms with E-state index in [-0.39, 0.29) is 18.4 Å². The highest BCUT2D eigenvalue weighted by Crippen LogP contribution is 2.44. The van der Waals surface area contributed by atoms with Crippen molar-refractivity contribution in [1.29, 1.82) is 0 Å². The molecule has 0 aliphatic carbocycles. The molecule has 2 aliphatic heterocycles. The summed E-state index contributed by atoms with van der Waals surface area (Å²) in [5.41, 5.74) is 1.94. The summed E-state index contributed by atoms with van der Waals surface area (Å²) in [6, 6.07) is 6.50. The van der Waals surface area contributed by atoms with Crippen LogP contribution in [0.5, 0.6) is 0 Å². The Morgan fingerprint density at radius 1 is 1.28 bits per heavy atom. The van der Waals surface area contributed by atoms with Gasteiger partial charge in [-0.15, -0.1) is 0 Å². The van der Waals surface area contributed by atoms with Crippen molar-refractivity contribution in [3.8, 4) is 0 Å². The van der Waals surface area contributed by atoms with Crippen LogP contribution in [-0.4, -0.2) is 43.8 Å². The van der Waals surface area contributed by atoms with Gasteiger partial charge in [-0.3, -0.25) is 19.7 Å². The topological polar surface area (TPSA) is 90.9 Å². The van der Waals surface area contributed by atoms with Crippen molar-refractivity contribution in [3.05, 3.63) is 35.4 Å². The number of methoxy groups -OCH3 is 1. The van der Waals surface area contributed by atoms with Crippen LogP contribution in [0.3, 0.4) is 0 Å². The summed E-state index contributed by atoms with van der Waals surface area (Å²) >= 11 is 0. The predicted octanol–water partition coefficient (Wildman–Crippen LogP) is 0.902. The molecule has 0 radical (unpaired) electrons. The number of hydrogen-bond donors (Lipinski definition) is 1. The lowest BCUT2D eigenvalue weighted by Crippen LogP contribution is -2.49. The molecule has 2 fully saturated rings. The fraction of sp³-hybridized carbons (Fsp3) is 0.500. The van der Waals surface area contributed by atoms with E-state index < -0.39 is 36.1 Å². The number of Topliss-reactive ketones (excluding diaryl/α,β-unsaturated/α-hetero) is 1. The third-order valence-corrected chi connectivity index (χ3v) is 4.85. The highest BCUT2D eigenvalue weighted by Gasteiger charge is 2.57. The van der Waals surface area contributed by atoms with E-state index in [9.17, 15) is 14.4 Å². The quantitative estimate of drug-likeness (QED) is 0.813. The molecule has 1 aromatic rings. The number of carbonyl (C=O) groups is 3. The Morgan fingerprint density at radius 2 is 2.00 bits per heavy atom. The molecule has 3 rings (SSSR count). The van der Waals surface area contributed by atoms with Crippen molar-refractivity contribution in [2.45, 2.75) is 32.2 Å². The molecule has 2 heterocycles. The number of rotatable bonds is 3. The van der Waals surface area contributed by atoms with Gasteiger partial charge in [0.15, 0.2) is 5.78 Å². The van der Waals surface area contributed by atoms with Crippen LogP contribution in [0, 0.1) is 18.8 Å². The lowest BCUT2D eigenvalue weighted by Gasteiger charge is -2.34. The minimum atomic E-state index is -0.967. The standard InChI is InChI=1S/C18H21NO6/c1-9-6-4-5-7-11(9)15-13-12(21)8-24-18(25-10(2)20)14(13)16(19-15)17(22)23-3/h4-7,13-16,18-19H,8H2,1-3H3/t13-,14+,15-,16-,18+/m0/s1. The summed E-state index contributed by atoms with van der Waals surface area (Å²) in [5, 5.41) is 3.21. The highest BCUT2D eigenvalue weighted by molar-refractivity contribution is 5.87. The molecule has 0 amide bonds. The second-order valence-corrected chi connectivity index (χ2v) is 6.36. The zero-order valence-electron chi connectivity index (χ0n) is 14.4. The molecule has 2 saturated heterocycles. The van der Waals surface area contributed by atoms with Gasteiger partial charge in [-0.1, -0.05) is 24.3 Å². The fourth-order valence-corrected chi connectivity index (χ4v) is 3.78. The van der Waals surface area contributed by atoms with Crippen LogP contribution in [0.25, 0.3) is 0 Å². The molecule has 5 atom stereocenters. The van der Waals surface area contributed by atoms with Gasteiger partial charge in [0, 0.05) is 13.0 Å². The van der Waals surface area contributed by atoms with Gasteiger partial charge in [0.1, 0.15) is 12.6 Å². The van der Waals surface area contributed by atoms with Gasteiger partial charge in [0.2, 0.25) is 6.29 Å². The molecule has 0 spiro atoms. The number of fused-ring (bicyclic) bond motifs is 1. The molecule has 25 heavy (non-hydrogen) atoms. The summed E-state index contributed by atoms with van der Waals surface area (Å²) < 4.78 is 15.5. The first kappa shape index (κ1) is 17.6. The number of ketones is 1. The molecule has 1 aromatic carbocycles. The van der Waals surface area contributed by atoms with Gasteiger partial charge < -0.3 is 14.2 Å². The van der Waals surface area contributed by atoms with Gasteiger partial charge in [0.25, 0.3) is 0 Å². The van der Waals surface area contributed by atoms with E-state index in [0.29, 0.717) is 0 Å². The second-order valence-electron chi connectivity index (χ2n) is 6.36. The first-order chi connectivity index (χ1) is 11.9. The molecule has 0 aromatic heterocycles. The maximum Gasteiger partial charge on any atom is 0.323 e. The van der Waals surface area contributed by atoms with E-state index in [2.05, 4.69) is 5.32 Å². The zero-order chi connectivity index (χ0) is 18.1. The third-order valence-electron chi connectivity index (χ3n) is 4.85. The SMILES string of the molecule is COC(=O)[C@H]1N[C@@H](c2ccccc2C)[C@H]2C(=O)CO[C@H](OC(C)=O)[C@H]21. The Hall–Kier alpha value is -2.25. The minimum Gasteiger partial charge on any atom is -0.468 e. The summed E-state index contributed by atoms with van der Waals surface area (Å²) in [5.74, 6) is -2.34. The molecule has 1 N–H and O–H groups in total. The average Bonchev–Trinajstić information content (AvgIpc) is 2.98. The van der Waals surface area contributed by atoms with E-state index in [1.54, 1.807) is 0 Å². The van der Waals surface area contributed by atoms with Gasteiger partial charge in [0.05, 0.1) is 18.9 Å². The predicted molar refractivity (Wildman–Crippen MR) is 86.4 cm³/mol. The third kappa shape index (κ3) is 3.17. The summed E-state index contributed by atoms with van der Waals surface area (Å²) in [6.45, 7) is 3.06. The number of nitrogens with one attached hydrogen (secondary N) is 1. The summed E-state index contributed by atoms with van der Waals surface area (Å²) in [6.07, 6.45) is -0.967. The van der Waals surface area contributed by atoms with Crippen LogP contribution in [0.2, 0.25) is 0 Å². The van der Waals surface area contributed by atoms with E-state index >= 15 is 0 Å². The van der Waals surface area contributed by atoms with Crippen LogP contribution < -0.4 is 5.32 Å². The second kappa shape index (κ2) is 6.93. The molecule has 7 heteroatoms. The van der Waals surface area contributed by atoms with E-state index in [1.807, 2.05) is 31.2 Å². The lowest BCUT2D eigenvalue weighted by molar-refractivity contribution is -0.209. The maximum absolute atomic E-state index is 12.6. The smallest absolute Gasteiger partial charge is 0.323 e. The normalized spacial score (nSPS) is 31.3. The molecule has 0 bridgehead atoms. The molecule has 134 valence electrons. The Morgan fingerprint density at radius 3 is 2.64 bits per heavy atom. The number of esters is 2. The van der Waals surface area contributed by atoms with Gasteiger partial charge >= 0.3 is 11.9 Å².